The zero-order valence-electron chi connectivity index (χ0n) is 19.1. The molecule has 2 fully saturated rings. The number of esters is 1. The van der Waals surface area contributed by atoms with Crippen molar-refractivity contribution >= 4 is 35.9 Å². The predicted molar refractivity (Wildman–Crippen MR) is 135 cm³/mol. The average Bonchev–Trinajstić information content (AvgIpc) is 3.59. The summed E-state index contributed by atoms with van der Waals surface area (Å²) in [7, 11) is 0. The quantitative estimate of drug-likeness (QED) is 0.225. The van der Waals surface area contributed by atoms with Gasteiger partial charge in [0.1, 0.15) is 5.76 Å². The van der Waals surface area contributed by atoms with Crippen LogP contribution in [0, 0.1) is 5.92 Å². The number of rotatable bonds is 8. The highest BCUT2D eigenvalue weighted by Gasteiger charge is 2.25. The van der Waals surface area contributed by atoms with Gasteiger partial charge < -0.3 is 24.1 Å². The van der Waals surface area contributed by atoms with Crippen LogP contribution in [0.3, 0.4) is 0 Å². The molecule has 2 unspecified atom stereocenters. The first kappa shape index (κ1) is 25.5. The highest BCUT2D eigenvalue weighted by Crippen LogP contribution is 2.22. The summed E-state index contributed by atoms with van der Waals surface area (Å²) in [6, 6.07) is 4.08. The van der Waals surface area contributed by atoms with Gasteiger partial charge in [-0.2, -0.15) is 5.10 Å². The van der Waals surface area contributed by atoms with E-state index in [0.717, 1.165) is 76.8 Å². The standard InChI is InChI=1S/C23H33N5O4.HI/c1-2-31-22(29)19-14-26-28(15-19)20-5-3-10-27(16-20)23(25-13-18-8-12-30-17-18)24-9-7-21-6-4-11-32-21;/h4,6,11,14-15,18,20H,2-3,5,7-10,12-13,16-17H2,1H3,(H,24,25);1H. The summed E-state index contributed by atoms with van der Waals surface area (Å²) in [6.07, 6.45) is 9.00. The molecule has 33 heavy (non-hydrogen) atoms. The van der Waals surface area contributed by atoms with E-state index in [-0.39, 0.29) is 36.0 Å². The van der Waals surface area contributed by atoms with Crippen LogP contribution in [0.1, 0.15) is 48.3 Å². The fraction of sp³-hybridized carbons (Fsp3) is 0.609. The number of ether oxygens (including phenoxy) is 2. The fourth-order valence-corrected chi connectivity index (χ4v) is 4.18. The Balaban J connectivity index is 0.00000306. The molecule has 2 aromatic heterocycles. The number of carbonyl (C=O) groups is 1. The lowest BCUT2D eigenvalue weighted by Crippen LogP contribution is -2.47. The van der Waals surface area contributed by atoms with Crippen LogP contribution in [-0.2, 0) is 15.9 Å². The van der Waals surface area contributed by atoms with Crippen molar-refractivity contribution in [2.24, 2.45) is 10.9 Å². The zero-order chi connectivity index (χ0) is 22.2. The lowest BCUT2D eigenvalue weighted by molar-refractivity contribution is 0.0526. The maximum Gasteiger partial charge on any atom is 0.341 e. The van der Waals surface area contributed by atoms with E-state index in [2.05, 4.69) is 15.3 Å². The van der Waals surface area contributed by atoms with Crippen molar-refractivity contribution in [1.82, 2.24) is 20.0 Å². The summed E-state index contributed by atoms with van der Waals surface area (Å²) >= 11 is 0. The Morgan fingerprint density at radius 1 is 1.39 bits per heavy atom. The second-order valence-electron chi connectivity index (χ2n) is 8.32. The van der Waals surface area contributed by atoms with E-state index >= 15 is 0 Å². The third-order valence-electron chi connectivity index (χ3n) is 5.94. The van der Waals surface area contributed by atoms with Crippen molar-refractivity contribution in [1.29, 1.82) is 0 Å². The van der Waals surface area contributed by atoms with E-state index in [1.54, 1.807) is 25.6 Å². The van der Waals surface area contributed by atoms with Crippen LogP contribution in [0.25, 0.3) is 0 Å². The molecule has 0 aromatic carbocycles. The van der Waals surface area contributed by atoms with Crippen LogP contribution < -0.4 is 5.32 Å². The van der Waals surface area contributed by atoms with Gasteiger partial charge >= 0.3 is 5.97 Å². The maximum absolute atomic E-state index is 12.0. The van der Waals surface area contributed by atoms with E-state index in [1.165, 1.54) is 0 Å². The van der Waals surface area contributed by atoms with Gasteiger partial charge in [-0.25, -0.2) is 4.79 Å². The molecule has 4 heterocycles. The molecule has 182 valence electrons. The van der Waals surface area contributed by atoms with Crippen LogP contribution in [0.4, 0.5) is 0 Å². The molecule has 0 aliphatic carbocycles. The smallest absolute Gasteiger partial charge is 0.341 e. The number of aliphatic imine (C=N–C) groups is 1. The van der Waals surface area contributed by atoms with E-state index in [9.17, 15) is 4.79 Å². The number of carbonyl (C=O) groups excluding carboxylic acids is 1. The van der Waals surface area contributed by atoms with Gasteiger partial charge in [-0.15, -0.1) is 24.0 Å². The topological polar surface area (TPSA) is 94.1 Å². The Hall–Kier alpha value is -2.08. The van der Waals surface area contributed by atoms with Gasteiger partial charge in [0.25, 0.3) is 0 Å². The van der Waals surface area contributed by atoms with Crippen molar-refractivity contribution in [3.05, 3.63) is 42.1 Å². The number of hydrogen-bond acceptors (Lipinski definition) is 6. The number of guanidine groups is 1. The molecule has 1 N–H and O–H groups in total. The number of halogens is 1. The first-order valence-corrected chi connectivity index (χ1v) is 11.6. The van der Waals surface area contributed by atoms with Crippen LogP contribution in [0.15, 0.2) is 40.2 Å². The largest absolute Gasteiger partial charge is 0.469 e. The molecule has 0 radical (unpaired) electrons. The second kappa shape index (κ2) is 13.0. The maximum atomic E-state index is 12.0. The summed E-state index contributed by atoms with van der Waals surface area (Å²) in [5.74, 6) is 2.04. The van der Waals surface area contributed by atoms with Crippen molar-refractivity contribution < 1.29 is 18.7 Å². The molecule has 0 bridgehead atoms. The van der Waals surface area contributed by atoms with E-state index in [0.29, 0.717) is 18.1 Å². The zero-order valence-corrected chi connectivity index (χ0v) is 21.5. The molecule has 2 saturated heterocycles. The lowest BCUT2D eigenvalue weighted by atomic mass is 10.1. The first-order chi connectivity index (χ1) is 15.7. The van der Waals surface area contributed by atoms with Gasteiger partial charge in [-0.1, -0.05) is 0 Å². The Morgan fingerprint density at radius 2 is 2.30 bits per heavy atom. The Morgan fingerprint density at radius 3 is 3.06 bits per heavy atom. The average molecular weight is 571 g/mol. The number of furan rings is 1. The number of likely N-dealkylation sites (tertiary alicyclic amines) is 1. The summed E-state index contributed by atoms with van der Waals surface area (Å²) in [5, 5.41) is 7.98. The van der Waals surface area contributed by atoms with Crippen molar-refractivity contribution in [3.63, 3.8) is 0 Å². The molecule has 0 saturated carbocycles. The fourth-order valence-electron chi connectivity index (χ4n) is 4.18. The van der Waals surface area contributed by atoms with Crippen molar-refractivity contribution in [3.8, 4) is 0 Å². The van der Waals surface area contributed by atoms with Gasteiger partial charge in [0.05, 0.1) is 37.3 Å². The second-order valence-corrected chi connectivity index (χ2v) is 8.32. The van der Waals surface area contributed by atoms with Crippen LogP contribution >= 0.6 is 24.0 Å². The third-order valence-corrected chi connectivity index (χ3v) is 5.94. The third kappa shape index (κ3) is 7.20. The first-order valence-electron chi connectivity index (χ1n) is 11.6. The normalized spacial score (nSPS) is 21.0. The lowest BCUT2D eigenvalue weighted by Gasteiger charge is -2.35. The SMILES string of the molecule is CCOC(=O)c1cnn(C2CCCN(C(=NCC3CCOC3)NCCc3ccco3)C2)c1.I. The highest BCUT2D eigenvalue weighted by atomic mass is 127. The summed E-state index contributed by atoms with van der Waals surface area (Å²) in [4.78, 5) is 19.3. The van der Waals surface area contributed by atoms with E-state index in [4.69, 9.17) is 18.9 Å². The van der Waals surface area contributed by atoms with Gasteiger partial charge in [-0.3, -0.25) is 9.67 Å². The van der Waals surface area contributed by atoms with Gasteiger partial charge in [0.2, 0.25) is 0 Å². The van der Waals surface area contributed by atoms with Crippen molar-refractivity contribution in [2.45, 2.75) is 38.6 Å². The minimum absolute atomic E-state index is 0. The summed E-state index contributed by atoms with van der Waals surface area (Å²) < 4.78 is 18.0. The highest BCUT2D eigenvalue weighted by molar-refractivity contribution is 14.0. The summed E-state index contributed by atoms with van der Waals surface area (Å²) in [5.41, 5.74) is 0.496. The summed E-state index contributed by atoms with van der Waals surface area (Å²) in [6.45, 7) is 7.02. The molecule has 2 aliphatic rings. The predicted octanol–water partition coefficient (Wildman–Crippen LogP) is 3.13. The number of nitrogens with zero attached hydrogens (tertiary/aromatic N) is 4. The number of piperidine rings is 1. The number of aromatic nitrogens is 2. The van der Waals surface area contributed by atoms with Gasteiger partial charge in [0.15, 0.2) is 5.96 Å². The Labute approximate surface area is 211 Å². The van der Waals surface area contributed by atoms with Crippen LogP contribution in [0.2, 0.25) is 0 Å². The van der Waals surface area contributed by atoms with E-state index in [1.807, 2.05) is 16.8 Å². The monoisotopic (exact) mass is 571 g/mol. The molecule has 2 atom stereocenters. The number of hydrogen-bond donors (Lipinski definition) is 1. The minimum atomic E-state index is -0.327. The molecular formula is C23H34IN5O4. The molecular weight excluding hydrogens is 537 g/mol. The van der Waals surface area contributed by atoms with Crippen LogP contribution in [-0.4, -0.2) is 72.6 Å². The van der Waals surface area contributed by atoms with E-state index < -0.39 is 0 Å². The Bertz CT molecular complexity index is 879. The molecule has 9 nitrogen and oxygen atoms in total. The molecule has 2 aromatic rings. The van der Waals surface area contributed by atoms with Crippen molar-refractivity contribution in [2.75, 3.05) is 46.0 Å². The minimum Gasteiger partial charge on any atom is -0.469 e. The Kier molecular flexibility index (Phi) is 10.0. The van der Waals surface area contributed by atoms with Gasteiger partial charge in [-0.05, 0) is 38.3 Å². The molecule has 4 rings (SSSR count). The molecule has 0 amide bonds. The molecule has 2 aliphatic heterocycles. The van der Waals surface area contributed by atoms with Gasteiger partial charge in [0, 0.05) is 51.3 Å². The number of nitrogens with one attached hydrogen (secondary N) is 1. The molecule has 10 heteroatoms. The molecule has 0 spiro atoms. The van der Waals surface area contributed by atoms with Crippen LogP contribution in [0.5, 0.6) is 0 Å².